The Morgan fingerprint density at radius 2 is 1.56 bits per heavy atom. The highest BCUT2D eigenvalue weighted by molar-refractivity contribution is 6.03. The summed E-state index contributed by atoms with van der Waals surface area (Å²) in [5, 5.41) is 20.7. The maximum absolute atomic E-state index is 13.2. The lowest BCUT2D eigenvalue weighted by Crippen LogP contribution is -2.66. The highest BCUT2D eigenvalue weighted by Crippen LogP contribution is 2.39. The van der Waals surface area contributed by atoms with Crippen LogP contribution in [-0.4, -0.2) is 28.3 Å². The summed E-state index contributed by atoms with van der Waals surface area (Å²) < 4.78 is 26.2. The van der Waals surface area contributed by atoms with E-state index in [1.165, 1.54) is 53.4 Å². The van der Waals surface area contributed by atoms with Crippen molar-refractivity contribution in [2.45, 2.75) is 44.4 Å². The Labute approximate surface area is 157 Å². The number of halogens is 2. The zero-order valence-corrected chi connectivity index (χ0v) is 15.1. The lowest BCUT2D eigenvalue weighted by atomic mass is 9.78. The predicted molar refractivity (Wildman–Crippen MR) is 98.1 cm³/mol. The van der Waals surface area contributed by atoms with Gasteiger partial charge in [-0.3, -0.25) is 4.79 Å². The molecule has 0 aromatic heterocycles. The van der Waals surface area contributed by atoms with Crippen LogP contribution in [0.4, 0.5) is 14.5 Å². The van der Waals surface area contributed by atoms with E-state index in [2.05, 4.69) is 0 Å². The van der Waals surface area contributed by atoms with Gasteiger partial charge in [-0.05, 0) is 61.2 Å². The Morgan fingerprint density at radius 3 is 2.11 bits per heavy atom. The van der Waals surface area contributed by atoms with E-state index in [0.717, 1.165) is 0 Å². The van der Waals surface area contributed by atoms with Gasteiger partial charge in [-0.25, -0.2) is 8.78 Å². The molecule has 4 atom stereocenters. The number of β-lactam (4-membered cyclic amide) rings is 1. The molecule has 1 saturated heterocycles. The fourth-order valence-corrected chi connectivity index (χ4v) is 3.64. The van der Waals surface area contributed by atoms with Crippen LogP contribution in [0.2, 0.25) is 0 Å². The number of carbonyl (C=O) groups excluding carboxylic acids is 1. The van der Waals surface area contributed by atoms with E-state index in [4.69, 9.17) is 0 Å². The molecule has 0 radical (unpaired) electrons. The van der Waals surface area contributed by atoms with E-state index in [9.17, 15) is 23.8 Å². The van der Waals surface area contributed by atoms with Gasteiger partial charge in [-0.2, -0.15) is 0 Å². The van der Waals surface area contributed by atoms with Crippen LogP contribution >= 0.6 is 0 Å². The van der Waals surface area contributed by atoms with Crippen molar-refractivity contribution >= 4 is 11.6 Å². The summed E-state index contributed by atoms with van der Waals surface area (Å²) in [4.78, 5) is 14.2. The summed E-state index contributed by atoms with van der Waals surface area (Å²) in [5.41, 5.74) is 1.14. The van der Waals surface area contributed by atoms with Crippen LogP contribution in [0.3, 0.4) is 0 Å². The quantitative estimate of drug-likeness (QED) is 0.727. The van der Waals surface area contributed by atoms with Gasteiger partial charge < -0.3 is 15.1 Å². The summed E-state index contributed by atoms with van der Waals surface area (Å²) in [5.74, 6) is -1.33. The lowest BCUT2D eigenvalue weighted by Gasteiger charge is -2.49. The molecule has 2 aromatic rings. The SMILES string of the molecule is CCC(O)[C@@H]1[C@@H](CC[C@H](O)c2ccc(F)cc2)C(=O)N1c1ccc(F)cc1. The van der Waals surface area contributed by atoms with E-state index in [0.29, 0.717) is 30.5 Å². The second-order valence-corrected chi connectivity index (χ2v) is 6.90. The van der Waals surface area contributed by atoms with Gasteiger partial charge in [0, 0.05) is 5.69 Å². The van der Waals surface area contributed by atoms with Crippen molar-refractivity contribution in [1.29, 1.82) is 0 Å². The molecule has 6 heteroatoms. The maximum atomic E-state index is 13.2. The number of aliphatic hydroxyl groups is 2. The Balaban J connectivity index is 1.70. The van der Waals surface area contributed by atoms with Gasteiger partial charge in [0.25, 0.3) is 0 Å². The minimum absolute atomic E-state index is 0.148. The summed E-state index contributed by atoms with van der Waals surface area (Å²) in [6.07, 6.45) is -0.311. The average Bonchev–Trinajstić information content (AvgIpc) is 2.67. The summed E-state index contributed by atoms with van der Waals surface area (Å²) in [7, 11) is 0. The Morgan fingerprint density at radius 1 is 1.00 bits per heavy atom. The molecule has 1 heterocycles. The predicted octanol–water partition coefficient (Wildman–Crippen LogP) is 3.58. The Bertz CT molecular complexity index is 779. The average molecular weight is 375 g/mol. The van der Waals surface area contributed by atoms with Crippen LogP contribution in [0, 0.1) is 17.6 Å². The molecule has 1 fully saturated rings. The highest BCUT2D eigenvalue weighted by Gasteiger charge is 2.50. The molecule has 27 heavy (non-hydrogen) atoms. The smallest absolute Gasteiger partial charge is 0.232 e. The number of anilines is 1. The van der Waals surface area contributed by atoms with Crippen LogP contribution in [0.25, 0.3) is 0 Å². The molecule has 2 N–H and O–H groups in total. The number of carbonyl (C=O) groups is 1. The first kappa shape index (κ1) is 19.5. The van der Waals surface area contributed by atoms with Gasteiger partial charge in [0.05, 0.1) is 24.2 Å². The minimum Gasteiger partial charge on any atom is -0.391 e. The normalized spacial score (nSPS) is 21.7. The van der Waals surface area contributed by atoms with Crippen molar-refractivity contribution in [3.05, 3.63) is 65.7 Å². The molecule has 0 spiro atoms. The lowest BCUT2D eigenvalue weighted by molar-refractivity contribution is -0.134. The third kappa shape index (κ3) is 4.01. The van der Waals surface area contributed by atoms with Crippen molar-refractivity contribution in [2.75, 3.05) is 4.90 Å². The van der Waals surface area contributed by atoms with Gasteiger partial charge in [0.1, 0.15) is 11.6 Å². The third-order valence-corrected chi connectivity index (χ3v) is 5.19. The molecular weight excluding hydrogens is 352 g/mol. The summed E-state index contributed by atoms with van der Waals surface area (Å²) in [6.45, 7) is 1.83. The number of benzene rings is 2. The number of nitrogens with zero attached hydrogens (tertiary/aromatic N) is 1. The molecule has 3 rings (SSSR count). The fraction of sp³-hybridized carbons (Fsp3) is 0.381. The summed E-state index contributed by atoms with van der Waals surface area (Å²) in [6, 6.07) is 10.8. The fourth-order valence-electron chi connectivity index (χ4n) is 3.64. The van der Waals surface area contributed by atoms with Crippen LogP contribution in [0.1, 0.15) is 37.9 Å². The van der Waals surface area contributed by atoms with E-state index in [1.54, 1.807) is 0 Å². The van der Waals surface area contributed by atoms with Crippen molar-refractivity contribution in [1.82, 2.24) is 0 Å². The number of hydrogen-bond acceptors (Lipinski definition) is 3. The van der Waals surface area contributed by atoms with Gasteiger partial charge in [0.15, 0.2) is 0 Å². The van der Waals surface area contributed by atoms with E-state index >= 15 is 0 Å². The molecule has 4 nitrogen and oxygen atoms in total. The first-order valence-electron chi connectivity index (χ1n) is 9.12. The van der Waals surface area contributed by atoms with Gasteiger partial charge >= 0.3 is 0 Å². The molecule has 0 saturated carbocycles. The van der Waals surface area contributed by atoms with Crippen molar-refractivity contribution in [2.24, 2.45) is 5.92 Å². The van der Waals surface area contributed by atoms with Gasteiger partial charge in [0.2, 0.25) is 5.91 Å². The van der Waals surface area contributed by atoms with Crippen molar-refractivity contribution in [3.63, 3.8) is 0 Å². The minimum atomic E-state index is -0.808. The largest absolute Gasteiger partial charge is 0.391 e. The van der Waals surface area contributed by atoms with Crippen LogP contribution < -0.4 is 4.90 Å². The van der Waals surface area contributed by atoms with Crippen LogP contribution in [0.5, 0.6) is 0 Å². The maximum Gasteiger partial charge on any atom is 0.232 e. The zero-order chi connectivity index (χ0) is 19.6. The molecule has 1 aliphatic rings. The zero-order valence-electron chi connectivity index (χ0n) is 15.1. The van der Waals surface area contributed by atoms with Crippen molar-refractivity contribution < 1.29 is 23.8 Å². The highest BCUT2D eigenvalue weighted by atomic mass is 19.1. The van der Waals surface area contributed by atoms with Crippen LogP contribution in [0.15, 0.2) is 48.5 Å². The molecule has 2 aromatic carbocycles. The molecule has 1 unspecified atom stereocenters. The second kappa shape index (κ2) is 8.15. The third-order valence-electron chi connectivity index (χ3n) is 5.19. The van der Waals surface area contributed by atoms with Crippen LogP contribution in [-0.2, 0) is 4.79 Å². The number of hydrogen-bond donors (Lipinski definition) is 2. The number of aliphatic hydroxyl groups excluding tert-OH is 2. The Kier molecular flexibility index (Phi) is 5.87. The molecule has 0 bridgehead atoms. The number of amides is 1. The summed E-state index contributed by atoms with van der Waals surface area (Å²) >= 11 is 0. The Hall–Kier alpha value is -2.31. The monoisotopic (exact) mass is 375 g/mol. The standard InChI is InChI=1S/C21H23F2NO3/c1-2-18(25)20-17(11-12-19(26)13-3-5-14(22)6-4-13)21(27)24(20)16-9-7-15(23)8-10-16/h3-10,17-20,25-26H,2,11-12H2,1H3/t17-,18?,19+,20+/m1/s1. The number of rotatable bonds is 7. The van der Waals surface area contributed by atoms with Gasteiger partial charge in [-0.1, -0.05) is 19.1 Å². The van der Waals surface area contributed by atoms with E-state index < -0.39 is 30.0 Å². The second-order valence-electron chi connectivity index (χ2n) is 6.90. The molecule has 1 aliphatic heterocycles. The van der Waals surface area contributed by atoms with Gasteiger partial charge in [-0.15, -0.1) is 0 Å². The first-order valence-corrected chi connectivity index (χ1v) is 9.12. The van der Waals surface area contributed by atoms with Crippen molar-refractivity contribution in [3.8, 4) is 0 Å². The molecule has 1 amide bonds. The molecule has 144 valence electrons. The molecule has 0 aliphatic carbocycles. The topological polar surface area (TPSA) is 60.8 Å². The molecular formula is C21H23F2NO3. The van der Waals surface area contributed by atoms with E-state index in [1.807, 2.05) is 6.92 Å². The van der Waals surface area contributed by atoms with E-state index in [-0.39, 0.29) is 11.7 Å². The first-order chi connectivity index (χ1) is 12.9.